The molecule has 0 saturated heterocycles. The van der Waals surface area contributed by atoms with Gasteiger partial charge < -0.3 is 5.32 Å². The topological polar surface area (TPSA) is 59.8 Å². The summed E-state index contributed by atoms with van der Waals surface area (Å²) in [5.74, 6) is -0.884. The summed E-state index contributed by atoms with van der Waals surface area (Å²) in [5, 5.41) is 11.1. The second-order valence-electron chi connectivity index (χ2n) is 5.33. The standard InChI is InChI=1S/C17H14ClFN4O/c1-10-6-7-14(9-15(10)18)23-11(2)16(21-22-23)17(24)20-13-5-3-4-12(19)8-13/h3-9H,1-2H3,(H,20,24). The van der Waals surface area contributed by atoms with E-state index in [4.69, 9.17) is 11.6 Å². The van der Waals surface area contributed by atoms with Crippen LogP contribution in [0, 0.1) is 19.7 Å². The Morgan fingerprint density at radius 3 is 2.71 bits per heavy atom. The zero-order chi connectivity index (χ0) is 17.3. The molecule has 1 aromatic heterocycles. The number of halogens is 2. The van der Waals surface area contributed by atoms with E-state index >= 15 is 0 Å². The lowest BCUT2D eigenvalue weighted by atomic mass is 10.2. The molecular weight excluding hydrogens is 331 g/mol. The molecule has 0 aliphatic heterocycles. The van der Waals surface area contributed by atoms with Gasteiger partial charge in [-0.3, -0.25) is 4.79 Å². The molecule has 24 heavy (non-hydrogen) atoms. The minimum absolute atomic E-state index is 0.163. The molecule has 3 rings (SSSR count). The fourth-order valence-corrected chi connectivity index (χ4v) is 2.43. The lowest BCUT2D eigenvalue weighted by Gasteiger charge is -2.06. The van der Waals surface area contributed by atoms with E-state index in [0.29, 0.717) is 22.1 Å². The van der Waals surface area contributed by atoms with Crippen LogP contribution in [0.5, 0.6) is 0 Å². The number of nitrogens with zero attached hydrogens (tertiary/aromatic N) is 3. The van der Waals surface area contributed by atoms with Gasteiger partial charge in [0, 0.05) is 10.7 Å². The van der Waals surface area contributed by atoms with Crippen molar-refractivity contribution in [3.63, 3.8) is 0 Å². The van der Waals surface area contributed by atoms with Gasteiger partial charge in [0.2, 0.25) is 0 Å². The second kappa shape index (κ2) is 6.41. The highest BCUT2D eigenvalue weighted by Gasteiger charge is 2.18. The first kappa shape index (κ1) is 16.1. The number of benzene rings is 2. The molecule has 1 heterocycles. The number of rotatable bonds is 3. The fraction of sp³-hybridized carbons (Fsp3) is 0.118. The van der Waals surface area contributed by atoms with E-state index in [1.165, 1.54) is 22.9 Å². The highest BCUT2D eigenvalue weighted by atomic mass is 35.5. The SMILES string of the molecule is Cc1ccc(-n2nnc(C(=O)Nc3cccc(F)c3)c2C)cc1Cl. The Bertz CT molecular complexity index is 923. The summed E-state index contributed by atoms with van der Waals surface area (Å²) < 4.78 is 14.7. The maximum absolute atomic E-state index is 13.2. The van der Waals surface area contributed by atoms with Crippen LogP contribution in [0.2, 0.25) is 5.02 Å². The van der Waals surface area contributed by atoms with Crippen LogP contribution in [0.25, 0.3) is 5.69 Å². The molecule has 2 aromatic carbocycles. The van der Waals surface area contributed by atoms with Crippen LogP contribution in [-0.2, 0) is 0 Å². The van der Waals surface area contributed by atoms with Gasteiger partial charge in [-0.25, -0.2) is 9.07 Å². The maximum Gasteiger partial charge on any atom is 0.278 e. The van der Waals surface area contributed by atoms with Crippen molar-refractivity contribution in [2.75, 3.05) is 5.32 Å². The molecule has 0 spiro atoms. The first-order chi connectivity index (χ1) is 11.5. The molecule has 1 amide bonds. The number of amides is 1. The summed E-state index contributed by atoms with van der Waals surface area (Å²) in [7, 11) is 0. The minimum Gasteiger partial charge on any atom is -0.320 e. The van der Waals surface area contributed by atoms with Crippen LogP contribution in [0.3, 0.4) is 0 Å². The molecule has 0 radical (unpaired) electrons. The summed E-state index contributed by atoms with van der Waals surface area (Å²) in [6, 6.07) is 11.1. The van der Waals surface area contributed by atoms with Gasteiger partial charge in [0.25, 0.3) is 5.91 Å². The van der Waals surface area contributed by atoms with Crippen LogP contribution in [0.1, 0.15) is 21.7 Å². The number of carbonyl (C=O) groups is 1. The van der Waals surface area contributed by atoms with Gasteiger partial charge in [-0.15, -0.1) is 5.10 Å². The number of hydrogen-bond acceptors (Lipinski definition) is 3. The number of nitrogens with one attached hydrogen (secondary N) is 1. The Morgan fingerprint density at radius 1 is 1.21 bits per heavy atom. The largest absolute Gasteiger partial charge is 0.320 e. The number of aryl methyl sites for hydroxylation is 1. The molecule has 0 bridgehead atoms. The molecule has 0 fully saturated rings. The zero-order valence-electron chi connectivity index (χ0n) is 13.0. The van der Waals surface area contributed by atoms with Gasteiger partial charge >= 0.3 is 0 Å². The normalized spacial score (nSPS) is 10.7. The predicted molar refractivity (Wildman–Crippen MR) is 90.2 cm³/mol. The van der Waals surface area contributed by atoms with Gasteiger partial charge in [-0.05, 0) is 49.7 Å². The highest BCUT2D eigenvalue weighted by Crippen LogP contribution is 2.21. The molecule has 122 valence electrons. The van der Waals surface area contributed by atoms with E-state index in [-0.39, 0.29) is 5.69 Å². The molecule has 1 N–H and O–H groups in total. The third kappa shape index (κ3) is 3.14. The summed E-state index contributed by atoms with van der Waals surface area (Å²) >= 11 is 6.13. The number of aromatic nitrogens is 3. The Kier molecular flexibility index (Phi) is 4.31. The van der Waals surface area contributed by atoms with E-state index in [2.05, 4.69) is 15.6 Å². The van der Waals surface area contributed by atoms with E-state index < -0.39 is 11.7 Å². The quantitative estimate of drug-likeness (QED) is 0.783. The average molecular weight is 345 g/mol. The van der Waals surface area contributed by atoms with Crippen molar-refractivity contribution in [3.8, 4) is 5.69 Å². The predicted octanol–water partition coefficient (Wildman–Crippen LogP) is 3.93. The average Bonchev–Trinajstić information content (AvgIpc) is 2.92. The summed E-state index contributed by atoms with van der Waals surface area (Å²) in [4.78, 5) is 12.3. The van der Waals surface area contributed by atoms with Gasteiger partial charge in [0.15, 0.2) is 5.69 Å². The Labute approximate surface area is 143 Å². The van der Waals surface area contributed by atoms with Gasteiger partial charge in [-0.1, -0.05) is 28.9 Å². The first-order valence-corrected chi connectivity index (χ1v) is 7.59. The van der Waals surface area contributed by atoms with Crippen LogP contribution < -0.4 is 5.32 Å². The van der Waals surface area contributed by atoms with E-state index in [1.807, 2.05) is 19.1 Å². The molecule has 7 heteroatoms. The van der Waals surface area contributed by atoms with Crippen LogP contribution in [0.15, 0.2) is 42.5 Å². The smallest absolute Gasteiger partial charge is 0.278 e. The molecule has 0 unspecified atom stereocenters. The summed E-state index contributed by atoms with van der Waals surface area (Å²) in [5.41, 5.74) is 2.73. The molecule has 3 aromatic rings. The molecule has 0 atom stereocenters. The van der Waals surface area contributed by atoms with Crippen molar-refractivity contribution in [3.05, 3.63) is 70.3 Å². The van der Waals surface area contributed by atoms with Crippen molar-refractivity contribution in [1.29, 1.82) is 0 Å². The monoisotopic (exact) mass is 344 g/mol. The zero-order valence-corrected chi connectivity index (χ0v) is 13.8. The van der Waals surface area contributed by atoms with Crippen molar-refractivity contribution in [2.45, 2.75) is 13.8 Å². The van der Waals surface area contributed by atoms with Crippen LogP contribution >= 0.6 is 11.6 Å². The highest BCUT2D eigenvalue weighted by molar-refractivity contribution is 6.31. The van der Waals surface area contributed by atoms with E-state index in [9.17, 15) is 9.18 Å². The number of hydrogen-bond donors (Lipinski definition) is 1. The lowest BCUT2D eigenvalue weighted by Crippen LogP contribution is -2.14. The maximum atomic E-state index is 13.2. The Hall–Kier alpha value is -2.73. The van der Waals surface area contributed by atoms with Crippen molar-refractivity contribution in [2.24, 2.45) is 0 Å². The second-order valence-corrected chi connectivity index (χ2v) is 5.74. The third-order valence-corrected chi connectivity index (χ3v) is 4.00. The molecule has 0 saturated carbocycles. The lowest BCUT2D eigenvalue weighted by molar-refractivity contribution is 0.102. The molecule has 5 nitrogen and oxygen atoms in total. The van der Waals surface area contributed by atoms with Gasteiger partial charge in [-0.2, -0.15) is 0 Å². The van der Waals surface area contributed by atoms with Crippen LogP contribution in [0.4, 0.5) is 10.1 Å². The molecular formula is C17H14ClFN4O. The van der Waals surface area contributed by atoms with Crippen molar-refractivity contribution in [1.82, 2.24) is 15.0 Å². The first-order valence-electron chi connectivity index (χ1n) is 7.21. The Balaban J connectivity index is 1.89. The van der Waals surface area contributed by atoms with E-state index in [0.717, 1.165) is 5.56 Å². The minimum atomic E-state index is -0.456. The van der Waals surface area contributed by atoms with Gasteiger partial charge in [0.05, 0.1) is 11.4 Å². The third-order valence-electron chi connectivity index (χ3n) is 3.59. The fourth-order valence-electron chi connectivity index (χ4n) is 2.25. The molecule has 0 aliphatic rings. The number of anilines is 1. The number of carbonyl (C=O) groups excluding carboxylic acids is 1. The summed E-state index contributed by atoms with van der Waals surface area (Å²) in [6.07, 6.45) is 0. The van der Waals surface area contributed by atoms with Crippen molar-refractivity contribution < 1.29 is 9.18 Å². The van der Waals surface area contributed by atoms with E-state index in [1.54, 1.807) is 19.1 Å². The summed E-state index contributed by atoms with van der Waals surface area (Å²) in [6.45, 7) is 3.63. The molecule has 0 aliphatic carbocycles. The Morgan fingerprint density at radius 2 is 2.00 bits per heavy atom. The van der Waals surface area contributed by atoms with Gasteiger partial charge in [0.1, 0.15) is 5.82 Å². The van der Waals surface area contributed by atoms with Crippen molar-refractivity contribution >= 4 is 23.2 Å². The van der Waals surface area contributed by atoms with Crippen LogP contribution in [-0.4, -0.2) is 20.9 Å².